The predicted molar refractivity (Wildman–Crippen MR) is 84.4 cm³/mol. The Morgan fingerprint density at radius 3 is 2.50 bits per heavy atom. The first kappa shape index (κ1) is 15.6. The van der Waals surface area contributed by atoms with Crippen molar-refractivity contribution in [3.63, 3.8) is 0 Å². The Kier molecular flexibility index (Phi) is 5.14. The molecule has 5 heteroatoms. The van der Waals surface area contributed by atoms with E-state index in [1.165, 1.54) is 6.92 Å². The molecular weight excluding hydrogens is 282 g/mol. The molecule has 22 heavy (non-hydrogen) atoms. The van der Waals surface area contributed by atoms with Crippen LogP contribution in [0.2, 0.25) is 0 Å². The number of hydrogen-bond acceptors (Lipinski definition) is 4. The van der Waals surface area contributed by atoms with Crippen LogP contribution in [0.25, 0.3) is 0 Å². The minimum atomic E-state index is -0.998. The van der Waals surface area contributed by atoms with Crippen molar-refractivity contribution in [2.45, 2.75) is 13.0 Å². The lowest BCUT2D eigenvalue weighted by Crippen LogP contribution is -2.22. The molecule has 2 aromatic carbocycles. The first-order valence-electron chi connectivity index (χ1n) is 6.77. The van der Waals surface area contributed by atoms with Crippen molar-refractivity contribution in [1.29, 1.82) is 0 Å². The third kappa shape index (κ3) is 4.09. The molecule has 5 nitrogen and oxygen atoms in total. The van der Waals surface area contributed by atoms with Crippen molar-refractivity contribution in [2.75, 3.05) is 7.11 Å². The largest absolute Gasteiger partial charge is 0.494 e. The summed E-state index contributed by atoms with van der Waals surface area (Å²) >= 11 is 0. The summed E-state index contributed by atoms with van der Waals surface area (Å²) in [7, 11) is 1.60. The molecule has 0 saturated carbocycles. The van der Waals surface area contributed by atoms with Gasteiger partial charge in [-0.05, 0) is 48.9 Å². The Labute approximate surface area is 128 Å². The Morgan fingerprint density at radius 1 is 1.18 bits per heavy atom. The van der Waals surface area contributed by atoms with Crippen LogP contribution in [0.5, 0.6) is 11.5 Å². The average molecular weight is 299 g/mol. The van der Waals surface area contributed by atoms with Crippen molar-refractivity contribution >= 4 is 17.9 Å². The summed E-state index contributed by atoms with van der Waals surface area (Å²) in [6.07, 6.45) is 0.829. The molecule has 0 aliphatic carbocycles. The lowest BCUT2D eigenvalue weighted by molar-refractivity contribution is -0.144. The number of methoxy groups -OCH3 is 1. The van der Waals surface area contributed by atoms with E-state index in [0.717, 1.165) is 11.3 Å². The molecule has 0 radical (unpaired) electrons. The second kappa shape index (κ2) is 7.26. The molecule has 1 unspecified atom stereocenters. The normalized spacial score (nSPS) is 12.1. The fourth-order valence-corrected chi connectivity index (χ4v) is 1.77. The van der Waals surface area contributed by atoms with E-state index in [1.807, 2.05) is 36.4 Å². The summed E-state index contributed by atoms with van der Waals surface area (Å²) in [5, 5.41) is 8.80. The summed E-state index contributed by atoms with van der Waals surface area (Å²) in [6, 6.07) is 14.5. The van der Waals surface area contributed by atoms with E-state index < -0.39 is 12.1 Å². The van der Waals surface area contributed by atoms with Gasteiger partial charge in [-0.3, -0.25) is 4.99 Å². The molecule has 2 aromatic rings. The van der Waals surface area contributed by atoms with Gasteiger partial charge in [-0.15, -0.1) is 0 Å². The van der Waals surface area contributed by atoms with Gasteiger partial charge in [-0.1, -0.05) is 12.1 Å². The van der Waals surface area contributed by atoms with Gasteiger partial charge in [0.15, 0.2) is 6.10 Å². The minimum absolute atomic E-state index is 0.504. The third-order valence-corrected chi connectivity index (χ3v) is 2.98. The number of aliphatic carboxylic acids is 1. The second-order valence-electron chi connectivity index (χ2n) is 4.60. The predicted octanol–water partition coefficient (Wildman–Crippen LogP) is 3.30. The van der Waals surface area contributed by atoms with E-state index in [0.29, 0.717) is 11.5 Å². The third-order valence-electron chi connectivity index (χ3n) is 2.98. The highest BCUT2D eigenvalue weighted by Gasteiger charge is 2.11. The molecule has 0 spiro atoms. The Hall–Kier alpha value is -2.82. The molecule has 0 amide bonds. The highest BCUT2D eigenvalue weighted by atomic mass is 16.5. The van der Waals surface area contributed by atoms with Crippen LogP contribution in [0.4, 0.5) is 5.69 Å². The Morgan fingerprint density at radius 2 is 1.86 bits per heavy atom. The van der Waals surface area contributed by atoms with Crippen molar-refractivity contribution in [3.05, 3.63) is 54.1 Å². The van der Waals surface area contributed by atoms with Crippen LogP contribution in [0.3, 0.4) is 0 Å². The van der Waals surface area contributed by atoms with Crippen molar-refractivity contribution in [2.24, 2.45) is 4.99 Å². The maximum Gasteiger partial charge on any atom is 0.344 e. The maximum absolute atomic E-state index is 10.7. The first-order chi connectivity index (χ1) is 10.6. The SMILES string of the molecule is COc1ccccc1N=Cc1ccc(OC(C)C(=O)O)cc1. The molecule has 114 valence electrons. The minimum Gasteiger partial charge on any atom is -0.494 e. The van der Waals surface area contributed by atoms with Crippen molar-refractivity contribution < 1.29 is 19.4 Å². The molecule has 0 aliphatic heterocycles. The standard InChI is InChI=1S/C17H17NO4/c1-12(17(19)20)22-14-9-7-13(8-10-14)11-18-15-5-3-4-6-16(15)21-2/h3-12H,1-2H3,(H,19,20). The molecule has 0 saturated heterocycles. The van der Waals surface area contributed by atoms with Crippen LogP contribution < -0.4 is 9.47 Å². The van der Waals surface area contributed by atoms with Crippen molar-refractivity contribution in [3.8, 4) is 11.5 Å². The van der Waals surface area contributed by atoms with Crippen LogP contribution in [-0.4, -0.2) is 30.5 Å². The first-order valence-corrected chi connectivity index (χ1v) is 6.77. The number of carboxylic acids is 1. The zero-order valence-corrected chi connectivity index (χ0v) is 12.4. The summed E-state index contributed by atoms with van der Waals surface area (Å²) in [5.74, 6) is 0.208. The highest BCUT2D eigenvalue weighted by Crippen LogP contribution is 2.26. The van der Waals surface area contributed by atoms with Crippen LogP contribution in [0.1, 0.15) is 12.5 Å². The van der Waals surface area contributed by atoms with Crippen molar-refractivity contribution in [1.82, 2.24) is 0 Å². The Balaban J connectivity index is 2.08. The summed E-state index contributed by atoms with van der Waals surface area (Å²) in [6.45, 7) is 1.49. The fraction of sp³-hybridized carbons (Fsp3) is 0.176. The van der Waals surface area contributed by atoms with Crippen LogP contribution in [0.15, 0.2) is 53.5 Å². The number of carbonyl (C=O) groups is 1. The number of hydrogen-bond donors (Lipinski definition) is 1. The topological polar surface area (TPSA) is 68.1 Å². The van der Waals surface area contributed by atoms with Gasteiger partial charge in [-0.25, -0.2) is 4.79 Å². The van der Waals surface area contributed by atoms with Gasteiger partial charge < -0.3 is 14.6 Å². The van der Waals surface area contributed by atoms with Gasteiger partial charge in [-0.2, -0.15) is 0 Å². The lowest BCUT2D eigenvalue weighted by atomic mass is 10.2. The van der Waals surface area contributed by atoms with Gasteiger partial charge in [0.2, 0.25) is 0 Å². The molecule has 2 rings (SSSR count). The molecular formula is C17H17NO4. The molecule has 0 aromatic heterocycles. The van der Waals surface area contributed by atoms with Crippen LogP contribution in [0, 0.1) is 0 Å². The summed E-state index contributed by atoms with van der Waals surface area (Å²) < 4.78 is 10.5. The molecule has 1 atom stereocenters. The monoisotopic (exact) mass is 299 g/mol. The van der Waals surface area contributed by atoms with Gasteiger partial charge in [0, 0.05) is 6.21 Å². The number of carboxylic acid groups (broad SMARTS) is 1. The van der Waals surface area contributed by atoms with E-state index in [-0.39, 0.29) is 0 Å². The number of rotatable bonds is 6. The average Bonchev–Trinajstić information content (AvgIpc) is 2.54. The summed E-state index contributed by atoms with van der Waals surface area (Å²) in [4.78, 5) is 15.1. The Bertz CT molecular complexity index is 665. The number of aliphatic imine (C=N–C) groups is 1. The molecule has 0 heterocycles. The molecule has 1 N–H and O–H groups in total. The van der Waals surface area contributed by atoms with Gasteiger partial charge >= 0.3 is 5.97 Å². The molecule has 0 fully saturated rings. The van der Waals surface area contributed by atoms with E-state index in [9.17, 15) is 4.79 Å². The zero-order chi connectivity index (χ0) is 15.9. The number of nitrogens with zero attached hydrogens (tertiary/aromatic N) is 1. The van der Waals surface area contributed by atoms with E-state index >= 15 is 0 Å². The number of benzene rings is 2. The van der Waals surface area contributed by atoms with Gasteiger partial charge in [0.05, 0.1) is 7.11 Å². The van der Waals surface area contributed by atoms with E-state index in [4.69, 9.17) is 14.6 Å². The number of para-hydroxylation sites is 2. The maximum atomic E-state index is 10.7. The van der Waals surface area contributed by atoms with Gasteiger partial charge in [0.1, 0.15) is 17.2 Å². The molecule has 0 aliphatic rings. The van der Waals surface area contributed by atoms with Crippen LogP contribution in [-0.2, 0) is 4.79 Å². The van der Waals surface area contributed by atoms with E-state index in [2.05, 4.69) is 4.99 Å². The number of ether oxygens (including phenoxy) is 2. The highest BCUT2D eigenvalue weighted by molar-refractivity contribution is 5.83. The van der Waals surface area contributed by atoms with Crippen LogP contribution >= 0.6 is 0 Å². The zero-order valence-electron chi connectivity index (χ0n) is 12.4. The fourth-order valence-electron chi connectivity index (χ4n) is 1.77. The quantitative estimate of drug-likeness (QED) is 0.831. The molecule has 0 bridgehead atoms. The van der Waals surface area contributed by atoms with E-state index in [1.54, 1.807) is 25.5 Å². The smallest absolute Gasteiger partial charge is 0.344 e. The second-order valence-corrected chi connectivity index (χ2v) is 4.60. The summed E-state index contributed by atoms with van der Waals surface area (Å²) in [5.41, 5.74) is 1.62. The lowest BCUT2D eigenvalue weighted by Gasteiger charge is -2.10. The van der Waals surface area contributed by atoms with Gasteiger partial charge in [0.25, 0.3) is 0 Å².